The number of rotatable bonds is 6. The number of halogens is 2. The number of hydrogen-bond donors (Lipinski definition) is 1. The van der Waals surface area contributed by atoms with Crippen molar-refractivity contribution >= 4 is 60.1 Å². The van der Waals surface area contributed by atoms with E-state index < -0.39 is 36.2 Å². The van der Waals surface area contributed by atoms with Gasteiger partial charge >= 0.3 is 0 Å². The summed E-state index contributed by atoms with van der Waals surface area (Å²) in [6.07, 6.45) is 2.12. The van der Waals surface area contributed by atoms with Crippen LogP contribution in [-0.4, -0.2) is 28.2 Å². The predicted molar refractivity (Wildman–Crippen MR) is 116 cm³/mol. The molecule has 0 saturated heterocycles. The summed E-state index contributed by atoms with van der Waals surface area (Å²) in [5.41, 5.74) is -1.18. The Balaban J connectivity index is 2.50. The molecule has 1 aliphatic rings. The number of hydrogen-bond acceptors (Lipinski definition) is 6. The maximum atomic E-state index is 13.3. The Morgan fingerprint density at radius 2 is 1.96 bits per heavy atom. The lowest BCUT2D eigenvalue weighted by Gasteiger charge is -2.36. The van der Waals surface area contributed by atoms with Crippen LogP contribution in [0.5, 0.6) is 0 Å². The summed E-state index contributed by atoms with van der Waals surface area (Å²) >= 11 is 9.53. The molecule has 1 N–H and O–H groups in total. The predicted octanol–water partition coefficient (Wildman–Crippen LogP) is 4.68. The second-order valence-corrected chi connectivity index (χ2v) is 15.2. The molecule has 27 heavy (non-hydrogen) atoms. The van der Waals surface area contributed by atoms with Gasteiger partial charge in [0.05, 0.1) is 20.6 Å². The smallest absolute Gasteiger partial charge is 0.171 e. The quantitative estimate of drug-likeness (QED) is 0.555. The fourth-order valence-electron chi connectivity index (χ4n) is 3.17. The topological polar surface area (TPSA) is 93.0 Å². The summed E-state index contributed by atoms with van der Waals surface area (Å²) in [6.45, 7) is 7.12. The van der Waals surface area contributed by atoms with Crippen LogP contribution in [0.2, 0.25) is 5.02 Å². The van der Waals surface area contributed by atoms with Crippen molar-refractivity contribution in [3.05, 3.63) is 19.8 Å². The Morgan fingerprint density at radius 1 is 1.41 bits per heavy atom. The molecule has 1 aromatic rings. The summed E-state index contributed by atoms with van der Waals surface area (Å²) in [4.78, 5) is 0.586. The van der Waals surface area contributed by atoms with Crippen molar-refractivity contribution in [1.82, 2.24) is 4.72 Å². The summed E-state index contributed by atoms with van der Waals surface area (Å²) in [5, 5.41) is 10.1. The first kappa shape index (κ1) is 23.5. The van der Waals surface area contributed by atoms with Crippen LogP contribution < -0.4 is 4.72 Å². The van der Waals surface area contributed by atoms with Gasteiger partial charge in [-0.05, 0) is 62.5 Å². The molecule has 0 aromatic carbocycles. The molecule has 10 heteroatoms. The summed E-state index contributed by atoms with van der Waals surface area (Å²) in [7, 11) is -3.80. The third kappa shape index (κ3) is 4.85. The monoisotopic (exact) mass is 514 g/mol. The molecule has 1 heterocycles. The van der Waals surface area contributed by atoms with Gasteiger partial charge in [0.15, 0.2) is 14.6 Å². The Labute approximate surface area is 182 Å². The van der Waals surface area contributed by atoms with Crippen molar-refractivity contribution in [2.24, 2.45) is 0 Å². The third-order valence-electron chi connectivity index (χ3n) is 4.72. The van der Waals surface area contributed by atoms with Crippen molar-refractivity contribution in [2.75, 3.05) is 5.75 Å². The average molecular weight is 516 g/mol. The number of thiophene rings is 1. The SMILES string of the molecule is CC(C)(C)[S+]([O-])N[C@@](C)(CS(=O)(=O)C1(C#N)CCCC1)c1sc(Br)cc1Cl. The molecular weight excluding hydrogens is 492 g/mol. The van der Waals surface area contributed by atoms with Crippen molar-refractivity contribution in [3.63, 3.8) is 0 Å². The molecule has 2 atom stereocenters. The van der Waals surface area contributed by atoms with E-state index in [0.717, 1.165) is 16.6 Å². The molecule has 1 saturated carbocycles. The standard InChI is InChI=1S/C17H24BrClN2O3S3/c1-15(2,3)26(22)21-16(4,14-12(19)9-13(18)25-14)11-27(23,24)17(10-20)7-5-6-8-17/h9,21H,5-8,11H2,1-4H3/t16-,26?/m0/s1. The molecule has 1 fully saturated rings. The van der Waals surface area contributed by atoms with Gasteiger partial charge in [0.25, 0.3) is 0 Å². The highest BCUT2D eigenvalue weighted by molar-refractivity contribution is 9.11. The molecule has 0 spiro atoms. The second kappa shape index (κ2) is 8.13. The van der Waals surface area contributed by atoms with Gasteiger partial charge in [0.2, 0.25) is 0 Å². The van der Waals surface area contributed by atoms with Gasteiger partial charge in [-0.15, -0.1) is 16.1 Å². The number of nitriles is 1. The lowest BCUT2D eigenvalue weighted by molar-refractivity contribution is 0.453. The van der Waals surface area contributed by atoms with Crippen LogP contribution >= 0.6 is 38.9 Å². The van der Waals surface area contributed by atoms with E-state index in [0.29, 0.717) is 22.7 Å². The highest BCUT2D eigenvalue weighted by Crippen LogP contribution is 2.44. The molecule has 0 bridgehead atoms. The van der Waals surface area contributed by atoms with E-state index in [2.05, 4.69) is 26.7 Å². The first-order valence-corrected chi connectivity index (χ1v) is 13.3. The van der Waals surface area contributed by atoms with Crippen molar-refractivity contribution in [3.8, 4) is 6.07 Å². The molecule has 1 aliphatic carbocycles. The first-order valence-electron chi connectivity index (χ1n) is 8.55. The fourth-order valence-corrected chi connectivity index (χ4v) is 8.83. The van der Waals surface area contributed by atoms with Crippen LogP contribution in [0.3, 0.4) is 0 Å². The Morgan fingerprint density at radius 3 is 2.37 bits per heavy atom. The molecule has 152 valence electrons. The van der Waals surface area contributed by atoms with Crippen molar-refractivity contribution < 1.29 is 13.0 Å². The maximum Gasteiger partial charge on any atom is 0.171 e. The number of nitrogens with one attached hydrogen (secondary N) is 1. The van der Waals surface area contributed by atoms with Crippen LogP contribution in [0.25, 0.3) is 0 Å². The van der Waals surface area contributed by atoms with Gasteiger partial charge in [0.1, 0.15) is 10.3 Å². The normalized spacial score (nSPS) is 20.8. The van der Waals surface area contributed by atoms with E-state index in [1.54, 1.807) is 13.0 Å². The van der Waals surface area contributed by atoms with Gasteiger partial charge in [0, 0.05) is 16.2 Å². The van der Waals surface area contributed by atoms with Gasteiger partial charge in [-0.1, -0.05) is 24.4 Å². The molecule has 5 nitrogen and oxygen atoms in total. The van der Waals surface area contributed by atoms with E-state index in [-0.39, 0.29) is 5.75 Å². The van der Waals surface area contributed by atoms with E-state index in [1.165, 1.54) is 11.3 Å². The third-order valence-corrected chi connectivity index (χ3v) is 11.4. The Hall–Kier alpha value is 0.180. The van der Waals surface area contributed by atoms with E-state index in [1.807, 2.05) is 20.8 Å². The zero-order valence-electron chi connectivity index (χ0n) is 15.8. The molecule has 0 radical (unpaired) electrons. The highest BCUT2D eigenvalue weighted by Gasteiger charge is 2.52. The zero-order valence-corrected chi connectivity index (χ0v) is 20.6. The fraction of sp³-hybridized carbons (Fsp3) is 0.706. The van der Waals surface area contributed by atoms with E-state index in [9.17, 15) is 18.2 Å². The van der Waals surface area contributed by atoms with Crippen LogP contribution in [0, 0.1) is 11.3 Å². The summed E-state index contributed by atoms with van der Waals surface area (Å²) in [6, 6.07) is 3.76. The number of nitrogens with zero attached hydrogens (tertiary/aromatic N) is 1. The molecule has 0 amide bonds. The first-order chi connectivity index (χ1) is 12.3. The van der Waals surface area contributed by atoms with Gasteiger partial charge in [-0.2, -0.15) is 5.26 Å². The molecule has 1 aromatic heterocycles. The van der Waals surface area contributed by atoms with E-state index >= 15 is 0 Å². The molecular formula is C17H24BrClN2O3S3. The largest absolute Gasteiger partial charge is 0.598 e. The molecule has 0 aliphatic heterocycles. The summed E-state index contributed by atoms with van der Waals surface area (Å²) < 4.78 is 41.2. The van der Waals surface area contributed by atoms with Crippen LogP contribution in [0.1, 0.15) is 58.3 Å². The Bertz CT molecular complexity index is 839. The Kier molecular flexibility index (Phi) is 7.07. The van der Waals surface area contributed by atoms with Gasteiger partial charge in [-0.3, -0.25) is 0 Å². The maximum absolute atomic E-state index is 13.3. The highest BCUT2D eigenvalue weighted by atomic mass is 79.9. The van der Waals surface area contributed by atoms with Gasteiger partial charge in [-0.25, -0.2) is 8.42 Å². The van der Waals surface area contributed by atoms with Crippen molar-refractivity contribution in [1.29, 1.82) is 5.26 Å². The average Bonchev–Trinajstić information content (AvgIpc) is 3.13. The summed E-state index contributed by atoms with van der Waals surface area (Å²) in [5.74, 6) is -0.345. The van der Waals surface area contributed by atoms with Crippen LogP contribution in [-0.2, 0) is 26.7 Å². The lowest BCUT2D eigenvalue weighted by atomic mass is 10.1. The zero-order chi connectivity index (χ0) is 20.7. The van der Waals surface area contributed by atoms with Crippen LogP contribution in [0.4, 0.5) is 0 Å². The minimum atomic E-state index is -3.80. The molecule has 1 unspecified atom stereocenters. The number of sulfone groups is 1. The minimum Gasteiger partial charge on any atom is -0.598 e. The molecule has 2 rings (SSSR count). The second-order valence-electron chi connectivity index (χ2n) is 8.12. The van der Waals surface area contributed by atoms with Crippen molar-refractivity contribution in [2.45, 2.75) is 68.4 Å². The minimum absolute atomic E-state index is 0.339. The van der Waals surface area contributed by atoms with E-state index in [4.69, 9.17) is 11.6 Å². The van der Waals surface area contributed by atoms with Crippen LogP contribution in [0.15, 0.2) is 9.85 Å². The van der Waals surface area contributed by atoms with Gasteiger partial charge < -0.3 is 4.55 Å². The lowest BCUT2D eigenvalue weighted by Crippen LogP contribution is -2.54.